The van der Waals surface area contributed by atoms with Crippen molar-refractivity contribution < 1.29 is 20.5 Å². The Balaban J connectivity index is 0.00000193. The Bertz CT molecular complexity index is 906. The molecule has 34 heavy (non-hydrogen) atoms. The van der Waals surface area contributed by atoms with Crippen LogP contribution in [0.3, 0.4) is 0 Å². The van der Waals surface area contributed by atoms with E-state index in [1.807, 2.05) is 0 Å². The highest BCUT2D eigenvalue weighted by Crippen LogP contribution is 2.31. The summed E-state index contributed by atoms with van der Waals surface area (Å²) in [6.45, 7) is 5.81. The van der Waals surface area contributed by atoms with Crippen LogP contribution in [-0.4, -0.2) is 71.3 Å². The van der Waals surface area contributed by atoms with Crippen LogP contribution in [0.4, 0.5) is 5.82 Å². The maximum absolute atomic E-state index is 12.5. The number of aromatic nitrogens is 1. The molecular weight excluding hydrogens is 478 g/mol. The normalized spacial score (nSPS) is 20.5. The molecule has 2 aromatic rings. The summed E-state index contributed by atoms with van der Waals surface area (Å²) in [5.74, 6) is 0.276. The number of anilines is 1. The number of rotatable bonds is 8. The number of hydrogen-bond acceptors (Lipinski definition) is 6. The second-order valence-electron chi connectivity index (χ2n) is 8.73. The number of halogens is 1. The van der Waals surface area contributed by atoms with E-state index in [9.17, 15) is 9.59 Å². The Morgan fingerprint density at radius 3 is 2.41 bits per heavy atom. The maximum atomic E-state index is 12.5. The third-order valence-electron chi connectivity index (χ3n) is 6.70. The van der Waals surface area contributed by atoms with Gasteiger partial charge in [0.25, 0.3) is 0 Å². The molecule has 1 saturated heterocycles. The zero-order chi connectivity index (χ0) is 21.6. The third-order valence-corrected chi connectivity index (χ3v) is 7.52. The van der Waals surface area contributed by atoms with Crippen molar-refractivity contribution in [2.75, 3.05) is 44.2 Å². The van der Waals surface area contributed by atoms with Crippen LogP contribution < -0.4 is 16.0 Å². The first-order valence-corrected chi connectivity index (χ1v) is 12.3. The van der Waals surface area contributed by atoms with Crippen LogP contribution in [0.1, 0.15) is 38.5 Å². The fraction of sp³-hybridized carbons (Fsp3) is 0.609. The van der Waals surface area contributed by atoms with Gasteiger partial charge in [-0.15, -0.1) is 12.4 Å². The standard InChI is InChI=1S/C23H33N5O2S.ClH.2H2O/c24-21(29)17-7-1-2-8-18(17)23(30)25-11-5-6-12-27-13-15-28(16-14-27)22-19-9-3-4-10-20(19)31-26-22;;;/h3-4,9-10,17-18H,1-2,5-8,11-16H2,(H2,24,29)(H,25,30);1H;2*1H2. The van der Waals surface area contributed by atoms with E-state index in [1.54, 1.807) is 11.5 Å². The third kappa shape index (κ3) is 7.26. The van der Waals surface area contributed by atoms with Crippen LogP contribution in [0.15, 0.2) is 24.3 Å². The highest BCUT2D eigenvalue weighted by Gasteiger charge is 2.34. The van der Waals surface area contributed by atoms with Crippen molar-refractivity contribution in [1.29, 1.82) is 0 Å². The average molecular weight is 516 g/mol. The highest BCUT2D eigenvalue weighted by atomic mass is 35.5. The topological polar surface area (TPSA) is 155 Å². The number of piperazine rings is 1. The number of fused-ring (bicyclic) bond motifs is 1. The van der Waals surface area contributed by atoms with Gasteiger partial charge in [0.2, 0.25) is 11.8 Å². The Hall–Kier alpha value is -1.98. The van der Waals surface area contributed by atoms with Crippen molar-refractivity contribution >= 4 is 51.7 Å². The predicted octanol–water partition coefficient (Wildman–Crippen LogP) is 1.38. The lowest BCUT2D eigenvalue weighted by molar-refractivity contribution is -0.134. The Morgan fingerprint density at radius 2 is 1.71 bits per heavy atom. The second-order valence-corrected chi connectivity index (χ2v) is 9.53. The van der Waals surface area contributed by atoms with Gasteiger partial charge in [0.05, 0.1) is 4.70 Å². The van der Waals surface area contributed by atoms with Gasteiger partial charge in [-0.25, -0.2) is 0 Å². The minimum Gasteiger partial charge on any atom is -0.412 e. The molecule has 2 unspecified atom stereocenters. The van der Waals surface area contributed by atoms with Gasteiger partial charge in [0.15, 0.2) is 0 Å². The first-order valence-electron chi connectivity index (χ1n) is 11.5. The monoisotopic (exact) mass is 515 g/mol. The summed E-state index contributed by atoms with van der Waals surface area (Å²) in [6.07, 6.45) is 5.53. The van der Waals surface area contributed by atoms with Gasteiger partial charge in [0, 0.05) is 49.9 Å². The molecule has 1 aliphatic heterocycles. The fourth-order valence-electron chi connectivity index (χ4n) is 4.87. The molecule has 1 aromatic heterocycles. The smallest absolute Gasteiger partial charge is 0.223 e. The van der Waals surface area contributed by atoms with Gasteiger partial charge in [-0.05, 0) is 55.9 Å². The number of carbonyl (C=O) groups is 2. The zero-order valence-electron chi connectivity index (χ0n) is 19.5. The van der Waals surface area contributed by atoms with Gasteiger partial charge in [-0.3, -0.25) is 14.5 Å². The number of nitrogens with zero attached hydrogens (tertiary/aromatic N) is 3. The Kier molecular flexibility index (Phi) is 12.8. The van der Waals surface area contributed by atoms with Crippen molar-refractivity contribution in [3.8, 4) is 0 Å². The Morgan fingerprint density at radius 1 is 1.03 bits per heavy atom. The summed E-state index contributed by atoms with van der Waals surface area (Å²) in [4.78, 5) is 29.0. The number of benzene rings is 1. The number of nitrogens with two attached hydrogens (primary N) is 1. The molecule has 2 fully saturated rings. The summed E-state index contributed by atoms with van der Waals surface area (Å²) in [7, 11) is 0. The van der Waals surface area contributed by atoms with E-state index in [0.29, 0.717) is 6.54 Å². The van der Waals surface area contributed by atoms with Gasteiger partial charge in [-0.1, -0.05) is 25.0 Å². The lowest BCUT2D eigenvalue weighted by Gasteiger charge is -2.35. The first kappa shape index (κ1) is 30.1. The molecule has 0 bridgehead atoms. The predicted molar refractivity (Wildman–Crippen MR) is 140 cm³/mol. The molecular formula is C23H38ClN5O4S. The van der Waals surface area contributed by atoms with Gasteiger partial charge >= 0.3 is 0 Å². The molecule has 0 radical (unpaired) electrons. The van der Waals surface area contributed by atoms with Gasteiger partial charge in [-0.2, -0.15) is 4.37 Å². The molecule has 11 heteroatoms. The molecule has 2 aliphatic rings. The second kappa shape index (κ2) is 14.4. The SMILES string of the molecule is Cl.NC(=O)C1CCCCC1C(=O)NCCCCN1CCN(c2nsc3ccccc23)CC1.O.O. The minimum absolute atomic E-state index is 0. The molecule has 1 saturated carbocycles. The number of amides is 2. The molecule has 2 heterocycles. The molecule has 0 spiro atoms. The molecule has 2 atom stereocenters. The van der Waals surface area contributed by atoms with E-state index in [2.05, 4.69) is 43.8 Å². The van der Waals surface area contributed by atoms with E-state index < -0.39 is 0 Å². The Labute approximate surface area is 211 Å². The molecule has 1 aromatic carbocycles. The lowest BCUT2D eigenvalue weighted by Crippen LogP contribution is -2.47. The minimum atomic E-state index is -0.329. The fourth-order valence-corrected chi connectivity index (χ4v) is 5.67. The van der Waals surface area contributed by atoms with Crippen LogP contribution in [0.5, 0.6) is 0 Å². The summed E-state index contributed by atoms with van der Waals surface area (Å²) in [6, 6.07) is 8.44. The van der Waals surface area contributed by atoms with Crippen LogP contribution >= 0.6 is 23.9 Å². The number of nitrogens with one attached hydrogen (secondary N) is 1. The van der Waals surface area contributed by atoms with Crippen LogP contribution in [0.2, 0.25) is 0 Å². The zero-order valence-corrected chi connectivity index (χ0v) is 21.1. The highest BCUT2D eigenvalue weighted by molar-refractivity contribution is 7.13. The van der Waals surface area contributed by atoms with Crippen molar-refractivity contribution in [1.82, 2.24) is 14.6 Å². The number of hydrogen-bond donors (Lipinski definition) is 2. The molecule has 7 N–H and O–H groups in total. The molecule has 4 rings (SSSR count). The summed E-state index contributed by atoms with van der Waals surface area (Å²) in [5.41, 5.74) is 5.49. The number of primary amides is 1. The lowest BCUT2D eigenvalue weighted by atomic mass is 9.78. The van der Waals surface area contributed by atoms with Crippen LogP contribution in [0, 0.1) is 11.8 Å². The van der Waals surface area contributed by atoms with Gasteiger partial charge < -0.3 is 26.9 Å². The van der Waals surface area contributed by atoms with Crippen molar-refractivity contribution in [3.05, 3.63) is 24.3 Å². The summed E-state index contributed by atoms with van der Waals surface area (Å²) >= 11 is 1.58. The number of carbonyl (C=O) groups excluding carboxylic acids is 2. The van der Waals surface area contributed by atoms with Crippen LogP contribution in [0.25, 0.3) is 10.1 Å². The molecule has 1 aliphatic carbocycles. The van der Waals surface area contributed by atoms with Crippen LogP contribution in [-0.2, 0) is 9.59 Å². The number of unbranched alkanes of at least 4 members (excludes halogenated alkanes) is 1. The molecule has 192 valence electrons. The van der Waals surface area contributed by atoms with Crippen molar-refractivity contribution in [3.63, 3.8) is 0 Å². The summed E-state index contributed by atoms with van der Waals surface area (Å²) < 4.78 is 5.93. The largest absolute Gasteiger partial charge is 0.412 e. The van der Waals surface area contributed by atoms with Crippen molar-refractivity contribution in [2.24, 2.45) is 17.6 Å². The van der Waals surface area contributed by atoms with E-state index in [0.717, 1.165) is 77.1 Å². The van der Waals surface area contributed by atoms with E-state index in [-0.39, 0.29) is 47.0 Å². The van der Waals surface area contributed by atoms with Gasteiger partial charge in [0.1, 0.15) is 5.82 Å². The van der Waals surface area contributed by atoms with E-state index >= 15 is 0 Å². The molecule has 2 amide bonds. The average Bonchev–Trinajstić information content (AvgIpc) is 3.23. The molecule has 9 nitrogen and oxygen atoms in total. The van der Waals surface area contributed by atoms with E-state index in [1.165, 1.54) is 10.1 Å². The summed E-state index contributed by atoms with van der Waals surface area (Å²) in [5, 5.41) is 4.29. The van der Waals surface area contributed by atoms with E-state index in [4.69, 9.17) is 5.73 Å². The quantitative estimate of drug-likeness (QED) is 0.508. The van der Waals surface area contributed by atoms with Crippen molar-refractivity contribution in [2.45, 2.75) is 38.5 Å². The first-order chi connectivity index (χ1) is 15.1. The maximum Gasteiger partial charge on any atom is 0.223 e.